The van der Waals surface area contributed by atoms with Gasteiger partial charge in [-0.25, -0.2) is 23.7 Å². The van der Waals surface area contributed by atoms with Crippen molar-refractivity contribution in [3.05, 3.63) is 41.3 Å². The Morgan fingerprint density at radius 3 is 2.78 bits per heavy atom. The number of aliphatic carboxylic acids is 1. The molecule has 9 heteroatoms. The second-order valence-corrected chi connectivity index (χ2v) is 8.13. The van der Waals surface area contributed by atoms with E-state index in [0.717, 1.165) is 30.9 Å². The van der Waals surface area contributed by atoms with Crippen molar-refractivity contribution in [1.82, 2.24) is 15.0 Å². The van der Waals surface area contributed by atoms with Crippen molar-refractivity contribution < 1.29 is 23.4 Å². The number of alkyl halides is 2. The molecule has 0 unspecified atom stereocenters. The lowest BCUT2D eigenvalue weighted by atomic mass is 9.89. The molecule has 32 heavy (non-hydrogen) atoms. The van der Waals surface area contributed by atoms with E-state index in [1.807, 2.05) is 6.07 Å². The third-order valence-corrected chi connectivity index (χ3v) is 5.54. The van der Waals surface area contributed by atoms with Crippen LogP contribution in [0, 0.1) is 0 Å². The van der Waals surface area contributed by atoms with E-state index in [2.05, 4.69) is 26.3 Å². The Morgan fingerprint density at radius 2 is 2.06 bits per heavy atom. The molecule has 2 aromatic rings. The summed E-state index contributed by atoms with van der Waals surface area (Å²) in [6, 6.07) is 4.18. The smallest absolute Gasteiger partial charge is 0.316 e. The molecule has 0 saturated heterocycles. The van der Waals surface area contributed by atoms with E-state index in [0.29, 0.717) is 31.4 Å². The molecule has 0 aliphatic carbocycles. The Bertz CT molecular complexity index is 893. The number of fused-ring (bicyclic) bond motifs is 1. The van der Waals surface area contributed by atoms with E-state index in [-0.39, 0.29) is 12.4 Å². The van der Waals surface area contributed by atoms with Gasteiger partial charge in [0, 0.05) is 43.4 Å². The highest BCUT2D eigenvalue weighted by Crippen LogP contribution is 2.36. The number of carboxylic acids is 1. The largest absolute Gasteiger partial charge is 0.481 e. The molecular formula is C23H30F2N4O3. The third kappa shape index (κ3) is 7.10. The van der Waals surface area contributed by atoms with Crippen LogP contribution >= 0.6 is 0 Å². The highest BCUT2D eigenvalue weighted by molar-refractivity contribution is 5.68. The molecule has 3 rings (SSSR count). The van der Waals surface area contributed by atoms with Gasteiger partial charge >= 0.3 is 12.0 Å². The number of carbonyl (C=O) groups is 1. The summed E-state index contributed by atoms with van der Waals surface area (Å²) >= 11 is 0. The fourth-order valence-electron chi connectivity index (χ4n) is 3.92. The number of aryl methyl sites for hydroxylation is 2. The average molecular weight is 449 g/mol. The molecule has 0 aromatic carbocycles. The number of nitrogens with zero attached hydrogens (tertiary/aromatic N) is 3. The Labute approximate surface area is 186 Å². The van der Waals surface area contributed by atoms with Crippen molar-refractivity contribution in [3.63, 3.8) is 0 Å². The molecule has 7 nitrogen and oxygen atoms in total. The molecular weight excluding hydrogens is 418 g/mol. The Morgan fingerprint density at radius 1 is 1.28 bits per heavy atom. The van der Waals surface area contributed by atoms with Gasteiger partial charge < -0.3 is 15.2 Å². The molecule has 2 N–H and O–H groups in total. The van der Waals surface area contributed by atoms with Crippen LogP contribution in [0.1, 0.15) is 68.2 Å². The zero-order chi connectivity index (χ0) is 23.0. The first kappa shape index (κ1) is 23.8. The number of pyridine rings is 1. The first-order valence-electron chi connectivity index (χ1n) is 11.1. The van der Waals surface area contributed by atoms with Gasteiger partial charge in [0.25, 0.3) is 0 Å². The fourth-order valence-corrected chi connectivity index (χ4v) is 3.92. The van der Waals surface area contributed by atoms with Crippen LogP contribution in [0.2, 0.25) is 0 Å². The highest BCUT2D eigenvalue weighted by Gasteiger charge is 2.34. The van der Waals surface area contributed by atoms with Gasteiger partial charge in [0.1, 0.15) is 5.82 Å². The van der Waals surface area contributed by atoms with E-state index in [4.69, 9.17) is 4.74 Å². The molecule has 1 atom stereocenters. The van der Waals surface area contributed by atoms with Gasteiger partial charge in [0.15, 0.2) is 0 Å². The van der Waals surface area contributed by atoms with Gasteiger partial charge in [-0.3, -0.25) is 4.79 Å². The molecule has 0 fully saturated rings. The van der Waals surface area contributed by atoms with Crippen molar-refractivity contribution in [2.24, 2.45) is 0 Å². The van der Waals surface area contributed by atoms with Gasteiger partial charge in [0.05, 0.1) is 13.0 Å². The quantitative estimate of drug-likeness (QED) is 0.457. The van der Waals surface area contributed by atoms with Crippen LogP contribution in [0.3, 0.4) is 0 Å². The summed E-state index contributed by atoms with van der Waals surface area (Å²) in [4.78, 5) is 23.8. The van der Waals surface area contributed by atoms with Gasteiger partial charge in [-0.1, -0.05) is 6.07 Å². The summed E-state index contributed by atoms with van der Waals surface area (Å²) in [5, 5.41) is 12.5. The molecule has 174 valence electrons. The van der Waals surface area contributed by atoms with Crippen molar-refractivity contribution in [3.8, 4) is 6.01 Å². The predicted octanol–water partition coefficient (Wildman–Crippen LogP) is 4.63. The molecule has 1 aliphatic rings. The van der Waals surface area contributed by atoms with Crippen LogP contribution in [0.4, 0.5) is 14.6 Å². The number of halogens is 2. The molecule has 0 amide bonds. The van der Waals surface area contributed by atoms with Gasteiger partial charge in [-0.2, -0.15) is 0 Å². The molecule has 0 spiro atoms. The maximum atomic E-state index is 14.7. The van der Waals surface area contributed by atoms with Crippen LogP contribution < -0.4 is 10.1 Å². The summed E-state index contributed by atoms with van der Waals surface area (Å²) in [7, 11) is 0. The SMILES string of the molecule is CCOc1ncc([C@H](CC(=O)O)CC(F)(F)CCCCc2ccc3c(n2)NCCC3)cn1. The maximum absolute atomic E-state index is 14.7. The second kappa shape index (κ2) is 11.2. The highest BCUT2D eigenvalue weighted by atomic mass is 19.3. The van der Waals surface area contributed by atoms with Gasteiger partial charge in [-0.05, 0) is 56.2 Å². The van der Waals surface area contributed by atoms with Crippen molar-refractivity contribution >= 4 is 11.8 Å². The van der Waals surface area contributed by atoms with Crippen LogP contribution in [0.5, 0.6) is 6.01 Å². The number of nitrogens with one attached hydrogen (secondary N) is 1. The number of carboxylic acid groups (broad SMARTS) is 1. The third-order valence-electron chi connectivity index (χ3n) is 5.54. The number of ether oxygens (including phenoxy) is 1. The van der Waals surface area contributed by atoms with Crippen molar-refractivity contribution in [2.75, 3.05) is 18.5 Å². The fraction of sp³-hybridized carbons (Fsp3) is 0.565. The zero-order valence-electron chi connectivity index (χ0n) is 18.3. The average Bonchev–Trinajstić information content (AvgIpc) is 2.76. The van der Waals surface area contributed by atoms with E-state index in [9.17, 15) is 18.7 Å². The predicted molar refractivity (Wildman–Crippen MR) is 116 cm³/mol. The normalized spacial score (nSPS) is 14.3. The van der Waals surface area contributed by atoms with Gasteiger partial charge in [-0.15, -0.1) is 0 Å². The molecule has 3 heterocycles. The van der Waals surface area contributed by atoms with E-state index < -0.39 is 30.7 Å². The number of rotatable bonds is 12. The summed E-state index contributed by atoms with van der Waals surface area (Å²) in [6.45, 7) is 3.07. The summed E-state index contributed by atoms with van der Waals surface area (Å²) < 4.78 is 34.5. The zero-order valence-corrected chi connectivity index (χ0v) is 18.3. The molecule has 1 aliphatic heterocycles. The standard InChI is InChI=1S/C23H30F2N4O3/c1-2-32-22-27-14-18(15-28-22)17(12-20(30)31)13-23(24,25)10-4-3-7-19-9-8-16-6-5-11-26-21(16)29-19/h8-9,14-15,17H,2-7,10-13H2,1H3,(H,26,29)(H,30,31)/t17-/m1/s1. The van der Waals surface area contributed by atoms with Gasteiger partial charge in [0.2, 0.25) is 5.92 Å². The molecule has 2 aromatic heterocycles. The first-order chi connectivity index (χ1) is 15.4. The Hall–Kier alpha value is -2.84. The summed E-state index contributed by atoms with van der Waals surface area (Å²) in [5.74, 6) is -4.07. The number of aromatic nitrogens is 3. The topological polar surface area (TPSA) is 97.2 Å². The van der Waals surface area contributed by atoms with Crippen LogP contribution in [-0.4, -0.2) is 45.1 Å². The van der Waals surface area contributed by atoms with Crippen molar-refractivity contribution in [1.29, 1.82) is 0 Å². The lowest BCUT2D eigenvalue weighted by Crippen LogP contribution is -2.22. The van der Waals surface area contributed by atoms with E-state index >= 15 is 0 Å². The number of hydrogen-bond donors (Lipinski definition) is 2. The Kier molecular flexibility index (Phi) is 8.30. The van der Waals surface area contributed by atoms with Crippen molar-refractivity contribution in [2.45, 2.75) is 70.1 Å². The first-order valence-corrected chi connectivity index (χ1v) is 11.1. The van der Waals surface area contributed by atoms with Crippen LogP contribution in [-0.2, 0) is 17.6 Å². The Balaban J connectivity index is 1.52. The minimum Gasteiger partial charge on any atom is -0.481 e. The maximum Gasteiger partial charge on any atom is 0.316 e. The molecule has 0 saturated carbocycles. The van der Waals surface area contributed by atoms with E-state index in [1.165, 1.54) is 18.0 Å². The number of unbranched alkanes of at least 4 members (excludes halogenated alkanes) is 1. The summed E-state index contributed by atoms with van der Waals surface area (Å²) in [6.07, 6.45) is 5.15. The molecule has 0 bridgehead atoms. The summed E-state index contributed by atoms with van der Waals surface area (Å²) in [5.41, 5.74) is 2.48. The second-order valence-electron chi connectivity index (χ2n) is 8.13. The number of hydrogen-bond acceptors (Lipinski definition) is 6. The monoisotopic (exact) mass is 448 g/mol. The molecule has 0 radical (unpaired) electrons. The van der Waals surface area contributed by atoms with E-state index in [1.54, 1.807) is 6.92 Å². The minimum absolute atomic E-state index is 0.142. The minimum atomic E-state index is -2.98. The lowest BCUT2D eigenvalue weighted by molar-refractivity contribution is -0.138. The lowest BCUT2D eigenvalue weighted by Gasteiger charge is -2.22. The van der Waals surface area contributed by atoms with Crippen LogP contribution in [0.15, 0.2) is 24.5 Å². The number of anilines is 1. The van der Waals surface area contributed by atoms with Crippen LogP contribution in [0.25, 0.3) is 0 Å².